The number of nitrogens with one attached hydrogen (secondary N) is 1. The van der Waals surface area contributed by atoms with Crippen LogP contribution in [0.5, 0.6) is 5.75 Å². The molecule has 0 aliphatic heterocycles. The molecular formula is C15H15N5O4. The van der Waals surface area contributed by atoms with E-state index < -0.39 is 6.16 Å². The smallest absolute Gasteiger partial charge is 0.437 e. The van der Waals surface area contributed by atoms with Crippen LogP contribution in [0, 0.1) is 0 Å². The molecule has 3 N–H and O–H groups in total. The minimum atomic E-state index is -0.863. The van der Waals surface area contributed by atoms with E-state index in [9.17, 15) is 9.59 Å². The van der Waals surface area contributed by atoms with Gasteiger partial charge in [0, 0.05) is 6.92 Å². The highest BCUT2D eigenvalue weighted by Gasteiger charge is 2.09. The lowest BCUT2D eigenvalue weighted by Gasteiger charge is -2.05. The van der Waals surface area contributed by atoms with Crippen molar-refractivity contribution in [2.45, 2.75) is 6.92 Å². The first-order chi connectivity index (χ1) is 11.5. The van der Waals surface area contributed by atoms with Crippen LogP contribution in [0.4, 0.5) is 27.8 Å². The van der Waals surface area contributed by atoms with Crippen LogP contribution < -0.4 is 15.8 Å². The van der Waals surface area contributed by atoms with E-state index in [2.05, 4.69) is 25.3 Å². The summed E-state index contributed by atoms with van der Waals surface area (Å²) in [6.07, 6.45) is -0.863. The molecule has 2 aromatic rings. The largest absolute Gasteiger partial charge is 0.513 e. The van der Waals surface area contributed by atoms with Crippen molar-refractivity contribution in [2.75, 3.05) is 18.2 Å². The summed E-state index contributed by atoms with van der Waals surface area (Å²) in [7, 11) is 1.20. The van der Waals surface area contributed by atoms with Crippen molar-refractivity contribution in [3.05, 3.63) is 36.4 Å². The topological polar surface area (TPSA) is 128 Å². The van der Waals surface area contributed by atoms with E-state index in [0.29, 0.717) is 17.2 Å². The summed E-state index contributed by atoms with van der Waals surface area (Å²) >= 11 is 0. The quantitative estimate of drug-likeness (QED) is 0.503. The second-order valence-electron chi connectivity index (χ2n) is 4.51. The van der Waals surface area contributed by atoms with Crippen LogP contribution in [0.1, 0.15) is 6.92 Å². The molecule has 9 heteroatoms. The highest BCUT2D eigenvalue weighted by atomic mass is 16.7. The third kappa shape index (κ3) is 4.50. The zero-order valence-electron chi connectivity index (χ0n) is 13.0. The number of aromatic nitrogens is 1. The normalized spacial score (nSPS) is 10.4. The van der Waals surface area contributed by atoms with E-state index in [1.54, 1.807) is 36.4 Å². The van der Waals surface area contributed by atoms with Crippen molar-refractivity contribution in [2.24, 2.45) is 10.2 Å². The number of hydrogen-bond acceptors (Lipinski definition) is 8. The van der Waals surface area contributed by atoms with Crippen LogP contribution in [-0.4, -0.2) is 24.2 Å². The number of rotatable bonds is 4. The summed E-state index contributed by atoms with van der Waals surface area (Å²) in [6.45, 7) is 1.36. The van der Waals surface area contributed by atoms with E-state index in [1.807, 2.05) is 0 Å². The molecule has 1 aromatic heterocycles. The molecule has 1 amide bonds. The van der Waals surface area contributed by atoms with Crippen LogP contribution >= 0.6 is 0 Å². The average Bonchev–Trinajstić information content (AvgIpc) is 2.54. The summed E-state index contributed by atoms with van der Waals surface area (Å²) in [4.78, 5) is 26.2. The molecule has 1 aromatic carbocycles. The zero-order chi connectivity index (χ0) is 17.5. The number of azo groups is 1. The number of nitrogens with two attached hydrogens (primary N) is 1. The van der Waals surface area contributed by atoms with Gasteiger partial charge < -0.3 is 20.5 Å². The minimum absolute atomic E-state index is 0.0939. The molecule has 0 aliphatic carbocycles. The monoisotopic (exact) mass is 329 g/mol. The second-order valence-corrected chi connectivity index (χ2v) is 4.51. The number of nitrogen functional groups attached to an aromatic ring is 1. The fourth-order valence-electron chi connectivity index (χ4n) is 1.67. The first kappa shape index (κ1) is 16.9. The van der Waals surface area contributed by atoms with Crippen molar-refractivity contribution < 1.29 is 19.1 Å². The molecule has 2 rings (SSSR count). The van der Waals surface area contributed by atoms with Gasteiger partial charge in [0.1, 0.15) is 17.2 Å². The molecule has 0 saturated heterocycles. The Kier molecular flexibility index (Phi) is 5.40. The number of benzene rings is 1. The molecule has 24 heavy (non-hydrogen) atoms. The van der Waals surface area contributed by atoms with Crippen molar-refractivity contribution in [1.29, 1.82) is 0 Å². The fourth-order valence-corrected chi connectivity index (χ4v) is 1.67. The second kappa shape index (κ2) is 7.68. The van der Waals surface area contributed by atoms with Crippen molar-refractivity contribution in [3.63, 3.8) is 0 Å². The van der Waals surface area contributed by atoms with Crippen LogP contribution in [0.2, 0.25) is 0 Å². The van der Waals surface area contributed by atoms with E-state index >= 15 is 0 Å². The lowest BCUT2D eigenvalue weighted by atomic mass is 10.3. The Bertz CT molecular complexity index is 791. The molecule has 0 unspecified atom stereocenters. The molecule has 0 fully saturated rings. The zero-order valence-corrected chi connectivity index (χ0v) is 13.0. The molecule has 9 nitrogen and oxygen atoms in total. The molecule has 1 heterocycles. The summed E-state index contributed by atoms with van der Waals surface area (Å²) in [5, 5.41) is 10.5. The predicted molar refractivity (Wildman–Crippen MR) is 86.6 cm³/mol. The minimum Gasteiger partial charge on any atom is -0.437 e. The number of hydrogen-bond donors (Lipinski definition) is 2. The standard InChI is InChI=1S/C15H15N5O4/c1-9(21)17-13-8-7-11(14(16)18-13)20-19-10-5-3-4-6-12(10)24-15(22)23-2/h3-8H,1-2H3,(H3,16,17,18,21)/b20-19+. The molecule has 0 bridgehead atoms. The number of para-hydroxylation sites is 1. The summed E-state index contributed by atoms with van der Waals surface area (Å²) < 4.78 is 9.40. The first-order valence-corrected chi connectivity index (χ1v) is 6.80. The van der Waals surface area contributed by atoms with Crippen molar-refractivity contribution >= 4 is 35.1 Å². The van der Waals surface area contributed by atoms with Gasteiger partial charge in [-0.2, -0.15) is 0 Å². The predicted octanol–water partition coefficient (Wildman–Crippen LogP) is 3.18. The molecule has 0 atom stereocenters. The third-order valence-corrected chi connectivity index (χ3v) is 2.70. The Morgan fingerprint density at radius 2 is 1.83 bits per heavy atom. The Balaban J connectivity index is 2.22. The molecule has 0 radical (unpaired) electrons. The number of methoxy groups -OCH3 is 1. The first-order valence-electron chi connectivity index (χ1n) is 6.80. The van der Waals surface area contributed by atoms with E-state index in [1.165, 1.54) is 14.0 Å². The average molecular weight is 329 g/mol. The van der Waals surface area contributed by atoms with Gasteiger partial charge in [0.15, 0.2) is 11.6 Å². The highest BCUT2D eigenvalue weighted by molar-refractivity contribution is 5.88. The summed E-state index contributed by atoms with van der Waals surface area (Å²) in [5.74, 6) is 0.337. The van der Waals surface area contributed by atoms with Gasteiger partial charge in [-0.1, -0.05) is 12.1 Å². The van der Waals surface area contributed by atoms with Crippen molar-refractivity contribution in [1.82, 2.24) is 4.98 Å². The SMILES string of the molecule is COC(=O)Oc1ccccc1/N=N/c1ccc(NC(C)=O)nc1N. The molecule has 0 saturated carbocycles. The van der Waals surface area contributed by atoms with Crippen LogP contribution in [-0.2, 0) is 9.53 Å². The fraction of sp³-hybridized carbons (Fsp3) is 0.133. The summed E-state index contributed by atoms with van der Waals surface area (Å²) in [5.41, 5.74) is 6.40. The number of anilines is 2. The number of carbonyl (C=O) groups is 2. The lowest BCUT2D eigenvalue weighted by Crippen LogP contribution is -2.08. The van der Waals surface area contributed by atoms with E-state index in [-0.39, 0.29) is 17.5 Å². The van der Waals surface area contributed by atoms with Gasteiger partial charge in [0.2, 0.25) is 5.91 Å². The number of carbonyl (C=O) groups excluding carboxylic acids is 2. The van der Waals surface area contributed by atoms with Crippen LogP contribution in [0.3, 0.4) is 0 Å². The molecular weight excluding hydrogens is 314 g/mol. The van der Waals surface area contributed by atoms with Crippen LogP contribution in [0.15, 0.2) is 46.6 Å². The Morgan fingerprint density at radius 3 is 2.50 bits per heavy atom. The Labute approximate surface area is 137 Å². The number of pyridine rings is 1. The van der Waals surface area contributed by atoms with E-state index in [4.69, 9.17) is 10.5 Å². The number of nitrogens with zero attached hydrogens (tertiary/aromatic N) is 3. The third-order valence-electron chi connectivity index (χ3n) is 2.70. The Hall–Kier alpha value is -3.49. The lowest BCUT2D eigenvalue weighted by molar-refractivity contribution is -0.114. The maximum atomic E-state index is 11.2. The van der Waals surface area contributed by atoms with Crippen molar-refractivity contribution in [3.8, 4) is 5.75 Å². The Morgan fingerprint density at radius 1 is 1.12 bits per heavy atom. The van der Waals surface area contributed by atoms with Gasteiger partial charge in [0.05, 0.1) is 7.11 Å². The number of ether oxygens (including phenoxy) is 2. The number of amides is 1. The van der Waals surface area contributed by atoms with Gasteiger partial charge in [-0.15, -0.1) is 10.2 Å². The molecule has 0 spiro atoms. The maximum Gasteiger partial charge on any atom is 0.513 e. The molecule has 0 aliphatic rings. The van der Waals surface area contributed by atoms with E-state index in [0.717, 1.165) is 0 Å². The highest BCUT2D eigenvalue weighted by Crippen LogP contribution is 2.30. The summed E-state index contributed by atoms with van der Waals surface area (Å²) in [6, 6.07) is 9.64. The van der Waals surface area contributed by atoms with Gasteiger partial charge in [-0.05, 0) is 24.3 Å². The maximum absolute atomic E-state index is 11.2. The molecule has 124 valence electrons. The van der Waals surface area contributed by atoms with Gasteiger partial charge in [0.25, 0.3) is 0 Å². The van der Waals surface area contributed by atoms with Crippen LogP contribution in [0.25, 0.3) is 0 Å². The van der Waals surface area contributed by atoms with Gasteiger partial charge >= 0.3 is 6.16 Å². The van der Waals surface area contributed by atoms with Gasteiger partial charge in [-0.3, -0.25) is 4.79 Å². The van der Waals surface area contributed by atoms with Gasteiger partial charge in [-0.25, -0.2) is 9.78 Å².